The van der Waals surface area contributed by atoms with Gasteiger partial charge in [-0.1, -0.05) is 30.3 Å². The van der Waals surface area contributed by atoms with Gasteiger partial charge in [0.2, 0.25) is 0 Å². The van der Waals surface area contributed by atoms with Crippen molar-refractivity contribution >= 4 is 0 Å². The minimum absolute atomic E-state index is 0.438. The van der Waals surface area contributed by atoms with E-state index in [0.29, 0.717) is 6.10 Å². The first-order chi connectivity index (χ1) is 9.93. The van der Waals surface area contributed by atoms with Gasteiger partial charge in [0, 0.05) is 18.7 Å². The lowest BCUT2D eigenvalue weighted by Crippen LogP contribution is -2.20. The fourth-order valence-corrected chi connectivity index (χ4v) is 2.55. The standard InChI is InChI=1S/C15H20N4O/c1-2-5-12(6-3-1)15-14(17-19-18-15)11-16-9-8-13-7-4-10-20-13/h1-3,5-6,13,16H,4,7-11H2,(H,17,18,19). The van der Waals surface area contributed by atoms with E-state index in [1.54, 1.807) is 0 Å². The fraction of sp³-hybridized carbons (Fsp3) is 0.467. The summed E-state index contributed by atoms with van der Waals surface area (Å²) >= 11 is 0. The molecule has 0 amide bonds. The molecule has 1 aromatic heterocycles. The normalized spacial score (nSPS) is 18.5. The van der Waals surface area contributed by atoms with Gasteiger partial charge in [0.05, 0.1) is 6.10 Å². The number of aromatic nitrogens is 3. The Kier molecular flexibility index (Phi) is 4.40. The van der Waals surface area contributed by atoms with Gasteiger partial charge in [-0.2, -0.15) is 15.4 Å². The molecule has 1 aliphatic rings. The van der Waals surface area contributed by atoms with E-state index in [2.05, 4.69) is 20.7 Å². The van der Waals surface area contributed by atoms with Crippen LogP contribution in [0.4, 0.5) is 0 Å². The highest BCUT2D eigenvalue weighted by Gasteiger charge is 2.15. The molecule has 0 radical (unpaired) electrons. The first-order valence-corrected chi connectivity index (χ1v) is 7.21. The number of hydrogen-bond donors (Lipinski definition) is 2. The van der Waals surface area contributed by atoms with Crippen molar-refractivity contribution in [1.29, 1.82) is 0 Å². The SMILES string of the molecule is c1ccc(-c2n[nH]nc2CNCCC2CCCO2)cc1. The Morgan fingerprint density at radius 3 is 2.95 bits per heavy atom. The average molecular weight is 272 g/mol. The molecule has 1 aromatic carbocycles. The number of benzene rings is 1. The summed E-state index contributed by atoms with van der Waals surface area (Å²) in [4.78, 5) is 0. The van der Waals surface area contributed by atoms with Gasteiger partial charge in [0.25, 0.3) is 0 Å². The minimum Gasteiger partial charge on any atom is -0.378 e. The zero-order chi connectivity index (χ0) is 13.6. The zero-order valence-electron chi connectivity index (χ0n) is 11.5. The molecule has 0 saturated carbocycles. The number of aromatic amines is 1. The van der Waals surface area contributed by atoms with Crippen LogP contribution in [-0.2, 0) is 11.3 Å². The summed E-state index contributed by atoms with van der Waals surface area (Å²) in [6, 6.07) is 10.1. The quantitative estimate of drug-likeness (QED) is 0.791. The van der Waals surface area contributed by atoms with Crippen LogP contribution in [0.1, 0.15) is 25.0 Å². The van der Waals surface area contributed by atoms with Crippen LogP contribution in [0.25, 0.3) is 11.3 Å². The van der Waals surface area contributed by atoms with Crippen LogP contribution >= 0.6 is 0 Å². The van der Waals surface area contributed by atoms with Gasteiger partial charge in [0.15, 0.2) is 0 Å². The van der Waals surface area contributed by atoms with E-state index < -0.39 is 0 Å². The first-order valence-electron chi connectivity index (χ1n) is 7.21. The second kappa shape index (κ2) is 6.63. The lowest BCUT2D eigenvalue weighted by molar-refractivity contribution is 0.104. The van der Waals surface area contributed by atoms with Gasteiger partial charge in [0.1, 0.15) is 11.4 Å². The van der Waals surface area contributed by atoms with Gasteiger partial charge < -0.3 is 10.1 Å². The predicted octanol–water partition coefficient (Wildman–Crippen LogP) is 2.13. The molecule has 3 rings (SSSR count). The van der Waals surface area contributed by atoms with E-state index in [1.807, 2.05) is 30.3 Å². The van der Waals surface area contributed by atoms with Crippen LogP contribution in [0.5, 0.6) is 0 Å². The van der Waals surface area contributed by atoms with Crippen molar-refractivity contribution in [2.24, 2.45) is 0 Å². The molecule has 1 unspecified atom stereocenters. The minimum atomic E-state index is 0.438. The van der Waals surface area contributed by atoms with Crippen molar-refractivity contribution < 1.29 is 4.74 Å². The second-order valence-corrected chi connectivity index (χ2v) is 5.09. The third kappa shape index (κ3) is 3.23. The summed E-state index contributed by atoms with van der Waals surface area (Å²) in [7, 11) is 0. The maximum absolute atomic E-state index is 5.61. The Hall–Kier alpha value is -1.72. The van der Waals surface area contributed by atoms with Crippen molar-refractivity contribution in [3.05, 3.63) is 36.0 Å². The van der Waals surface area contributed by atoms with Crippen molar-refractivity contribution in [3.63, 3.8) is 0 Å². The summed E-state index contributed by atoms with van der Waals surface area (Å²) in [5.74, 6) is 0. The third-order valence-electron chi connectivity index (χ3n) is 3.63. The molecule has 0 aliphatic carbocycles. The van der Waals surface area contributed by atoms with Crippen molar-refractivity contribution in [2.75, 3.05) is 13.2 Å². The molecule has 2 N–H and O–H groups in total. The summed E-state index contributed by atoms with van der Waals surface area (Å²) < 4.78 is 5.61. The molecule has 1 atom stereocenters. The summed E-state index contributed by atoms with van der Waals surface area (Å²) in [6.07, 6.45) is 3.90. The Morgan fingerprint density at radius 2 is 2.15 bits per heavy atom. The molecule has 20 heavy (non-hydrogen) atoms. The molecular formula is C15H20N4O. The van der Waals surface area contributed by atoms with E-state index in [1.165, 1.54) is 12.8 Å². The molecule has 5 nitrogen and oxygen atoms in total. The Balaban J connectivity index is 1.52. The van der Waals surface area contributed by atoms with E-state index in [4.69, 9.17) is 4.74 Å². The Morgan fingerprint density at radius 1 is 1.25 bits per heavy atom. The van der Waals surface area contributed by atoms with E-state index in [-0.39, 0.29) is 0 Å². The molecule has 1 fully saturated rings. The monoisotopic (exact) mass is 272 g/mol. The fourth-order valence-electron chi connectivity index (χ4n) is 2.55. The largest absolute Gasteiger partial charge is 0.378 e. The van der Waals surface area contributed by atoms with Crippen LogP contribution in [-0.4, -0.2) is 34.7 Å². The molecule has 2 aromatic rings. The molecule has 0 spiro atoms. The van der Waals surface area contributed by atoms with Crippen LogP contribution in [0.3, 0.4) is 0 Å². The molecule has 106 valence electrons. The number of hydrogen-bond acceptors (Lipinski definition) is 4. The first kappa shape index (κ1) is 13.3. The highest BCUT2D eigenvalue weighted by molar-refractivity contribution is 5.60. The Bertz CT molecular complexity index is 520. The molecule has 5 heteroatoms. The highest BCUT2D eigenvalue weighted by atomic mass is 16.5. The van der Waals surface area contributed by atoms with Gasteiger partial charge in [-0.05, 0) is 25.8 Å². The molecule has 0 bridgehead atoms. The van der Waals surface area contributed by atoms with Crippen molar-refractivity contribution in [1.82, 2.24) is 20.7 Å². The lowest BCUT2D eigenvalue weighted by atomic mass is 10.1. The molecule has 2 heterocycles. The van der Waals surface area contributed by atoms with Gasteiger partial charge in [-0.15, -0.1) is 0 Å². The number of rotatable bonds is 6. The maximum atomic E-state index is 5.61. The van der Waals surface area contributed by atoms with Crippen LogP contribution < -0.4 is 5.32 Å². The topological polar surface area (TPSA) is 62.8 Å². The average Bonchev–Trinajstić information content (AvgIpc) is 3.16. The van der Waals surface area contributed by atoms with Crippen molar-refractivity contribution in [2.45, 2.75) is 31.9 Å². The van der Waals surface area contributed by atoms with Gasteiger partial charge in [-0.3, -0.25) is 0 Å². The summed E-state index contributed by atoms with van der Waals surface area (Å²) in [5.41, 5.74) is 2.98. The van der Waals surface area contributed by atoms with Crippen LogP contribution in [0, 0.1) is 0 Å². The second-order valence-electron chi connectivity index (χ2n) is 5.09. The van der Waals surface area contributed by atoms with Crippen LogP contribution in [0.2, 0.25) is 0 Å². The highest BCUT2D eigenvalue weighted by Crippen LogP contribution is 2.19. The number of ether oxygens (including phenoxy) is 1. The Labute approximate surface area is 118 Å². The lowest BCUT2D eigenvalue weighted by Gasteiger charge is -2.09. The number of H-pyrrole nitrogens is 1. The van der Waals surface area contributed by atoms with E-state index in [0.717, 1.165) is 43.1 Å². The summed E-state index contributed by atoms with van der Waals surface area (Å²) in [5, 5.41) is 14.6. The maximum Gasteiger partial charge on any atom is 0.117 e. The number of nitrogens with zero attached hydrogens (tertiary/aromatic N) is 2. The van der Waals surface area contributed by atoms with E-state index >= 15 is 0 Å². The summed E-state index contributed by atoms with van der Waals surface area (Å²) in [6.45, 7) is 2.60. The number of nitrogens with one attached hydrogen (secondary N) is 2. The molecule has 1 saturated heterocycles. The van der Waals surface area contributed by atoms with Gasteiger partial charge >= 0.3 is 0 Å². The smallest absolute Gasteiger partial charge is 0.117 e. The van der Waals surface area contributed by atoms with Gasteiger partial charge in [-0.25, -0.2) is 0 Å². The molecular weight excluding hydrogens is 252 g/mol. The van der Waals surface area contributed by atoms with Crippen molar-refractivity contribution in [3.8, 4) is 11.3 Å². The van der Waals surface area contributed by atoms with E-state index in [9.17, 15) is 0 Å². The third-order valence-corrected chi connectivity index (χ3v) is 3.63. The zero-order valence-corrected chi connectivity index (χ0v) is 11.5. The molecule has 1 aliphatic heterocycles. The van der Waals surface area contributed by atoms with Crippen LogP contribution in [0.15, 0.2) is 30.3 Å². The predicted molar refractivity (Wildman–Crippen MR) is 77.1 cm³/mol.